The Bertz CT molecular complexity index is 643. The molecule has 2 rings (SSSR count). The summed E-state index contributed by atoms with van der Waals surface area (Å²) < 4.78 is 12.3. The second-order valence-corrected chi connectivity index (χ2v) is 7.19. The number of amides is 1. The van der Waals surface area contributed by atoms with E-state index in [0.29, 0.717) is 17.3 Å². The quantitative estimate of drug-likeness (QED) is 0.880. The van der Waals surface area contributed by atoms with Gasteiger partial charge in [-0.1, -0.05) is 54.1 Å². The van der Waals surface area contributed by atoms with Crippen LogP contribution in [0, 0.1) is 0 Å². The molecule has 2 aromatic carbocycles. The van der Waals surface area contributed by atoms with Crippen LogP contribution in [-0.4, -0.2) is 15.4 Å². The van der Waals surface area contributed by atoms with Gasteiger partial charge in [-0.05, 0) is 30.2 Å². The van der Waals surface area contributed by atoms with Crippen LogP contribution in [-0.2, 0) is 27.9 Å². The maximum Gasteiger partial charge on any atom is 0.235 e. The zero-order chi connectivity index (χ0) is 15.9. The molecule has 0 aliphatic rings. The lowest BCUT2D eigenvalue weighted by Crippen LogP contribution is -2.35. The van der Waals surface area contributed by atoms with Crippen LogP contribution in [0.15, 0.2) is 54.6 Å². The van der Waals surface area contributed by atoms with Crippen LogP contribution < -0.4 is 5.32 Å². The van der Waals surface area contributed by atoms with E-state index < -0.39 is 16.0 Å². The number of benzene rings is 2. The molecule has 0 aliphatic carbocycles. The van der Waals surface area contributed by atoms with Crippen LogP contribution in [0.5, 0.6) is 0 Å². The lowest BCUT2D eigenvalue weighted by Gasteiger charge is -2.12. The number of carbonyl (C=O) groups is 1. The Hall–Kier alpha value is -1.65. The number of hydrogen-bond donors (Lipinski definition) is 1. The molecule has 0 saturated carbocycles. The first-order chi connectivity index (χ1) is 10.6. The van der Waals surface area contributed by atoms with Crippen LogP contribution in [0.1, 0.15) is 18.1 Å². The van der Waals surface area contributed by atoms with Crippen LogP contribution in [0.4, 0.5) is 0 Å². The fraction of sp³-hybridized carbons (Fsp3) is 0.235. The molecule has 0 bridgehead atoms. The van der Waals surface area contributed by atoms with Gasteiger partial charge in [0, 0.05) is 28.1 Å². The Morgan fingerprint density at radius 1 is 1.09 bits per heavy atom. The van der Waals surface area contributed by atoms with Crippen molar-refractivity contribution in [3.63, 3.8) is 0 Å². The van der Waals surface area contributed by atoms with Crippen molar-refractivity contribution >= 4 is 28.3 Å². The molecule has 0 fully saturated rings. The number of rotatable bonds is 6. The molecule has 116 valence electrons. The van der Waals surface area contributed by atoms with Gasteiger partial charge in [0.05, 0.1) is 0 Å². The summed E-state index contributed by atoms with van der Waals surface area (Å²) in [4.78, 5) is 12.1. The van der Waals surface area contributed by atoms with Crippen LogP contribution >= 0.6 is 11.6 Å². The lowest BCUT2D eigenvalue weighted by molar-refractivity contribution is -0.120. The van der Waals surface area contributed by atoms with Gasteiger partial charge >= 0.3 is 0 Å². The van der Waals surface area contributed by atoms with Gasteiger partial charge in [-0.15, -0.1) is 0 Å². The van der Waals surface area contributed by atoms with E-state index in [1.54, 1.807) is 19.1 Å². The maximum absolute atomic E-state index is 12.3. The van der Waals surface area contributed by atoms with Gasteiger partial charge in [-0.25, -0.2) is 0 Å². The number of nitrogens with one attached hydrogen (secondary N) is 1. The summed E-state index contributed by atoms with van der Waals surface area (Å²) in [7, 11) is -1.27. The van der Waals surface area contributed by atoms with Gasteiger partial charge in [0.1, 0.15) is 5.25 Å². The smallest absolute Gasteiger partial charge is 0.235 e. The molecule has 5 heteroatoms. The second kappa shape index (κ2) is 8.11. The zero-order valence-electron chi connectivity index (χ0n) is 12.3. The molecule has 0 saturated heterocycles. The number of hydrogen-bond acceptors (Lipinski definition) is 2. The first-order valence-corrected chi connectivity index (χ1v) is 8.75. The third-order valence-corrected chi connectivity index (χ3v) is 5.17. The Balaban J connectivity index is 1.86. The minimum atomic E-state index is -1.27. The summed E-state index contributed by atoms with van der Waals surface area (Å²) in [5.41, 5.74) is 1.93. The van der Waals surface area contributed by atoms with E-state index >= 15 is 0 Å². The van der Waals surface area contributed by atoms with E-state index in [1.165, 1.54) is 0 Å². The Labute approximate surface area is 138 Å². The molecule has 0 aromatic heterocycles. The van der Waals surface area contributed by atoms with Crippen molar-refractivity contribution in [1.82, 2.24) is 5.32 Å². The maximum atomic E-state index is 12.3. The summed E-state index contributed by atoms with van der Waals surface area (Å²) in [5.74, 6) is 0.146. The molecule has 0 radical (unpaired) electrons. The van der Waals surface area contributed by atoms with E-state index in [9.17, 15) is 9.00 Å². The van der Waals surface area contributed by atoms with Crippen LogP contribution in [0.3, 0.4) is 0 Å². The molecule has 22 heavy (non-hydrogen) atoms. The highest BCUT2D eigenvalue weighted by atomic mass is 35.5. The van der Waals surface area contributed by atoms with Crippen molar-refractivity contribution in [2.24, 2.45) is 0 Å². The average molecular weight is 336 g/mol. The van der Waals surface area contributed by atoms with Crippen LogP contribution in [0.25, 0.3) is 0 Å². The fourth-order valence-corrected chi connectivity index (χ4v) is 3.14. The molecule has 2 aromatic rings. The van der Waals surface area contributed by atoms with E-state index in [2.05, 4.69) is 5.32 Å². The molecule has 1 N–H and O–H groups in total. The fourth-order valence-electron chi connectivity index (χ4n) is 1.92. The highest BCUT2D eigenvalue weighted by Crippen LogP contribution is 2.12. The largest absolute Gasteiger partial charge is 0.351 e. The topological polar surface area (TPSA) is 46.2 Å². The third-order valence-electron chi connectivity index (χ3n) is 3.30. The van der Waals surface area contributed by atoms with Crippen molar-refractivity contribution in [1.29, 1.82) is 0 Å². The van der Waals surface area contributed by atoms with Crippen LogP contribution in [0.2, 0.25) is 5.02 Å². The van der Waals surface area contributed by atoms with E-state index in [1.807, 2.05) is 42.5 Å². The molecule has 2 atom stereocenters. The zero-order valence-corrected chi connectivity index (χ0v) is 13.9. The minimum Gasteiger partial charge on any atom is -0.351 e. The van der Waals surface area contributed by atoms with E-state index in [-0.39, 0.29) is 5.91 Å². The van der Waals surface area contributed by atoms with Crippen molar-refractivity contribution in [2.75, 3.05) is 0 Å². The first kappa shape index (κ1) is 16.7. The van der Waals surface area contributed by atoms with Crippen molar-refractivity contribution in [3.8, 4) is 0 Å². The van der Waals surface area contributed by atoms with E-state index in [0.717, 1.165) is 11.1 Å². The molecule has 0 spiro atoms. The second-order valence-electron chi connectivity index (χ2n) is 5.00. The lowest BCUT2D eigenvalue weighted by atomic mass is 10.2. The van der Waals surface area contributed by atoms with E-state index in [4.69, 9.17) is 11.6 Å². The molecule has 0 unspecified atom stereocenters. The van der Waals surface area contributed by atoms with Crippen molar-refractivity contribution < 1.29 is 9.00 Å². The predicted octanol–water partition coefficient (Wildman–Crippen LogP) is 3.29. The standard InChI is InChI=1S/C17H18ClNO2S/c1-13(17(20)19-11-14-5-3-2-4-6-14)22(21)12-15-7-9-16(18)10-8-15/h2-10,13H,11-12H2,1H3,(H,19,20)/t13-,22-/m0/s1. The molecular formula is C17H18ClNO2S. The molecule has 0 aliphatic heterocycles. The van der Waals surface area contributed by atoms with Gasteiger partial charge in [0.15, 0.2) is 0 Å². The highest BCUT2D eigenvalue weighted by Gasteiger charge is 2.19. The van der Waals surface area contributed by atoms with Crippen molar-refractivity contribution in [2.45, 2.75) is 24.5 Å². The molecule has 1 amide bonds. The van der Waals surface area contributed by atoms with Gasteiger partial charge in [-0.2, -0.15) is 0 Å². The highest BCUT2D eigenvalue weighted by molar-refractivity contribution is 7.85. The first-order valence-electron chi connectivity index (χ1n) is 6.99. The monoisotopic (exact) mass is 335 g/mol. The molecule has 0 heterocycles. The predicted molar refractivity (Wildman–Crippen MR) is 91.0 cm³/mol. The summed E-state index contributed by atoms with van der Waals surface area (Å²) in [6.07, 6.45) is 0. The summed E-state index contributed by atoms with van der Waals surface area (Å²) >= 11 is 5.82. The number of carbonyl (C=O) groups excluding carboxylic acids is 1. The Morgan fingerprint density at radius 2 is 1.73 bits per heavy atom. The summed E-state index contributed by atoms with van der Waals surface area (Å²) in [6.45, 7) is 2.13. The number of halogens is 1. The van der Waals surface area contributed by atoms with Gasteiger partial charge < -0.3 is 5.32 Å². The van der Waals surface area contributed by atoms with Gasteiger partial charge in [0.25, 0.3) is 0 Å². The third kappa shape index (κ3) is 4.97. The summed E-state index contributed by atoms with van der Waals surface area (Å²) in [5, 5.41) is 2.91. The molecule has 3 nitrogen and oxygen atoms in total. The SMILES string of the molecule is C[C@@H](C(=O)NCc1ccccc1)[S@@](=O)Cc1ccc(Cl)cc1. The normalized spacial score (nSPS) is 13.4. The Morgan fingerprint density at radius 3 is 2.36 bits per heavy atom. The van der Waals surface area contributed by atoms with Gasteiger partial charge in [-0.3, -0.25) is 9.00 Å². The average Bonchev–Trinajstić information content (AvgIpc) is 2.55. The van der Waals surface area contributed by atoms with Gasteiger partial charge in [0.2, 0.25) is 5.91 Å². The molecular weight excluding hydrogens is 318 g/mol. The minimum absolute atomic E-state index is 0.198. The van der Waals surface area contributed by atoms with Crippen molar-refractivity contribution in [3.05, 3.63) is 70.7 Å². The summed E-state index contributed by atoms with van der Waals surface area (Å²) in [6, 6.07) is 16.8. The Kier molecular flexibility index (Phi) is 6.16.